The van der Waals surface area contributed by atoms with Gasteiger partial charge in [0.2, 0.25) is 15.9 Å². The fourth-order valence-corrected chi connectivity index (χ4v) is 3.84. The summed E-state index contributed by atoms with van der Waals surface area (Å²) in [5.41, 5.74) is 0.477. The third-order valence-electron chi connectivity index (χ3n) is 3.88. The molecule has 3 rings (SSSR count). The van der Waals surface area contributed by atoms with Crippen molar-refractivity contribution in [3.63, 3.8) is 0 Å². The molecule has 1 amide bonds. The summed E-state index contributed by atoms with van der Waals surface area (Å²) < 4.78 is 38.3. The Morgan fingerprint density at radius 3 is 2.50 bits per heavy atom. The first-order valence-electron chi connectivity index (χ1n) is 8.49. The van der Waals surface area contributed by atoms with Gasteiger partial charge in [-0.15, -0.1) is 0 Å². The number of carbonyl (C=O) groups is 1. The Balaban J connectivity index is 1.56. The summed E-state index contributed by atoms with van der Waals surface area (Å²) in [6.45, 7) is 0.911. The van der Waals surface area contributed by atoms with Crippen molar-refractivity contribution in [3.8, 4) is 11.5 Å². The minimum Gasteiger partial charge on any atom is -0.490 e. The maximum Gasteiger partial charge on any atom is 0.240 e. The van der Waals surface area contributed by atoms with E-state index in [0.717, 1.165) is 6.42 Å². The van der Waals surface area contributed by atoms with Gasteiger partial charge in [0.1, 0.15) is 0 Å². The molecule has 0 bridgehead atoms. The lowest BCUT2D eigenvalue weighted by Gasteiger charge is -2.11. The summed E-state index contributed by atoms with van der Waals surface area (Å²) in [6.07, 6.45) is 0.674. The number of ether oxygens (including phenoxy) is 2. The molecule has 0 atom stereocenters. The Morgan fingerprint density at radius 2 is 1.75 bits per heavy atom. The van der Waals surface area contributed by atoms with Crippen molar-refractivity contribution in [3.05, 3.63) is 46.4 Å². The van der Waals surface area contributed by atoms with Crippen LogP contribution in [-0.4, -0.2) is 34.1 Å². The van der Waals surface area contributed by atoms with Crippen LogP contribution in [0.4, 0.5) is 5.69 Å². The van der Waals surface area contributed by atoms with Gasteiger partial charge in [0.25, 0.3) is 0 Å². The van der Waals surface area contributed by atoms with Crippen LogP contribution in [0.2, 0.25) is 10.0 Å². The molecule has 0 unspecified atom stereocenters. The Hall–Kier alpha value is -2.00. The number of rotatable bonds is 6. The molecule has 0 spiro atoms. The summed E-state index contributed by atoms with van der Waals surface area (Å²) in [4.78, 5) is 12.0. The summed E-state index contributed by atoms with van der Waals surface area (Å²) in [6, 6.07) is 9.10. The average molecular weight is 445 g/mol. The zero-order valence-electron chi connectivity index (χ0n) is 14.7. The van der Waals surface area contributed by atoms with E-state index in [4.69, 9.17) is 32.7 Å². The molecule has 0 aliphatic carbocycles. The smallest absolute Gasteiger partial charge is 0.240 e. The molecule has 0 saturated carbocycles. The number of carbonyl (C=O) groups excluding carboxylic acids is 1. The molecule has 150 valence electrons. The van der Waals surface area contributed by atoms with E-state index in [1.54, 1.807) is 18.2 Å². The number of anilines is 1. The number of sulfonamides is 1. The summed E-state index contributed by atoms with van der Waals surface area (Å²) in [5.74, 6) is 0.537. The maximum absolute atomic E-state index is 12.5. The minimum atomic E-state index is -3.79. The van der Waals surface area contributed by atoms with Crippen LogP contribution in [0.1, 0.15) is 12.8 Å². The van der Waals surface area contributed by atoms with Crippen molar-refractivity contribution in [1.29, 1.82) is 0 Å². The van der Waals surface area contributed by atoms with Crippen LogP contribution in [0, 0.1) is 0 Å². The molecule has 0 fully saturated rings. The van der Waals surface area contributed by atoms with Gasteiger partial charge in [-0.1, -0.05) is 23.2 Å². The molecule has 28 heavy (non-hydrogen) atoms. The van der Waals surface area contributed by atoms with E-state index in [1.165, 1.54) is 18.2 Å². The second-order valence-corrected chi connectivity index (χ2v) is 8.57. The van der Waals surface area contributed by atoms with Crippen LogP contribution in [-0.2, 0) is 14.8 Å². The van der Waals surface area contributed by atoms with Crippen LogP contribution in [0.15, 0.2) is 41.3 Å². The first kappa shape index (κ1) is 20.7. The van der Waals surface area contributed by atoms with Crippen LogP contribution in [0.3, 0.4) is 0 Å². The van der Waals surface area contributed by atoms with E-state index < -0.39 is 10.0 Å². The number of nitrogens with one attached hydrogen (secondary N) is 2. The standard InChI is InChI=1S/C18H18Cl2N2O5S/c19-14-4-2-12(10-15(14)20)22-18(23)6-7-21-28(24,25)13-3-5-16-17(11-13)27-9-1-8-26-16/h2-5,10-11,21H,1,6-9H2,(H,22,23). The third-order valence-corrected chi connectivity index (χ3v) is 6.07. The van der Waals surface area contributed by atoms with Gasteiger partial charge in [-0.2, -0.15) is 0 Å². The normalized spacial score (nSPS) is 13.6. The number of hydrogen-bond acceptors (Lipinski definition) is 5. The van der Waals surface area contributed by atoms with Gasteiger partial charge >= 0.3 is 0 Å². The van der Waals surface area contributed by atoms with Crippen LogP contribution in [0.5, 0.6) is 11.5 Å². The summed E-state index contributed by atoms with van der Waals surface area (Å²) >= 11 is 11.7. The minimum absolute atomic E-state index is 0.0432. The van der Waals surface area contributed by atoms with Crippen molar-refractivity contribution in [2.45, 2.75) is 17.7 Å². The van der Waals surface area contributed by atoms with Crippen LogP contribution in [0.25, 0.3) is 0 Å². The number of halogens is 2. The molecule has 0 aromatic heterocycles. The second kappa shape index (κ2) is 9.00. The van der Waals surface area contributed by atoms with Gasteiger partial charge in [-0.05, 0) is 30.3 Å². The maximum atomic E-state index is 12.5. The molecule has 10 heteroatoms. The molecule has 1 aliphatic heterocycles. The highest BCUT2D eigenvalue weighted by molar-refractivity contribution is 7.89. The van der Waals surface area contributed by atoms with Gasteiger partial charge in [-0.3, -0.25) is 4.79 Å². The van der Waals surface area contributed by atoms with Crippen LogP contribution < -0.4 is 19.5 Å². The van der Waals surface area contributed by atoms with E-state index in [1.807, 2.05) is 0 Å². The van der Waals surface area contributed by atoms with Gasteiger partial charge < -0.3 is 14.8 Å². The molecule has 0 radical (unpaired) electrons. The lowest BCUT2D eigenvalue weighted by atomic mass is 10.3. The molecule has 0 saturated heterocycles. The zero-order valence-corrected chi connectivity index (χ0v) is 17.0. The molecule has 2 aromatic carbocycles. The van der Waals surface area contributed by atoms with Crippen molar-refractivity contribution >= 4 is 44.8 Å². The molecular formula is C18H18Cl2N2O5S. The van der Waals surface area contributed by atoms with Crippen molar-refractivity contribution in [2.24, 2.45) is 0 Å². The van der Waals surface area contributed by atoms with Gasteiger partial charge in [0.15, 0.2) is 11.5 Å². The summed E-state index contributed by atoms with van der Waals surface area (Å²) in [5, 5.41) is 3.32. The monoisotopic (exact) mass is 444 g/mol. The number of fused-ring (bicyclic) bond motifs is 1. The Kier molecular flexibility index (Phi) is 6.66. The van der Waals surface area contributed by atoms with E-state index in [2.05, 4.69) is 10.0 Å². The van der Waals surface area contributed by atoms with E-state index in [9.17, 15) is 13.2 Å². The van der Waals surface area contributed by atoms with Crippen molar-refractivity contribution < 1.29 is 22.7 Å². The quantitative estimate of drug-likeness (QED) is 0.711. The molecule has 2 N–H and O–H groups in total. The fraction of sp³-hybridized carbons (Fsp3) is 0.278. The molecule has 1 heterocycles. The average Bonchev–Trinajstić information content (AvgIpc) is 2.89. The Bertz CT molecular complexity index is 982. The highest BCUT2D eigenvalue weighted by Gasteiger charge is 2.19. The second-order valence-electron chi connectivity index (χ2n) is 5.98. The lowest BCUT2D eigenvalue weighted by Crippen LogP contribution is -2.27. The van der Waals surface area contributed by atoms with Crippen molar-refractivity contribution in [1.82, 2.24) is 4.72 Å². The fourth-order valence-electron chi connectivity index (χ4n) is 2.49. The van der Waals surface area contributed by atoms with Gasteiger partial charge in [-0.25, -0.2) is 13.1 Å². The zero-order chi connectivity index (χ0) is 20.1. The predicted octanol–water partition coefficient (Wildman–Crippen LogP) is 3.46. The van der Waals surface area contributed by atoms with Gasteiger partial charge in [0.05, 0.1) is 28.2 Å². The SMILES string of the molecule is O=C(CCNS(=O)(=O)c1ccc2c(c1)OCCCO2)Nc1ccc(Cl)c(Cl)c1. The number of hydrogen-bond donors (Lipinski definition) is 2. The third kappa shape index (κ3) is 5.29. The van der Waals surface area contributed by atoms with Crippen molar-refractivity contribution in [2.75, 3.05) is 25.1 Å². The topological polar surface area (TPSA) is 93.7 Å². The first-order chi connectivity index (χ1) is 13.3. The molecular weight excluding hydrogens is 427 g/mol. The van der Waals surface area contributed by atoms with E-state index in [-0.39, 0.29) is 23.8 Å². The first-order valence-corrected chi connectivity index (χ1v) is 10.7. The van der Waals surface area contributed by atoms with E-state index >= 15 is 0 Å². The largest absolute Gasteiger partial charge is 0.490 e. The summed E-state index contributed by atoms with van der Waals surface area (Å²) in [7, 11) is -3.79. The van der Waals surface area contributed by atoms with Gasteiger partial charge in [0, 0.05) is 31.1 Å². The molecule has 1 aliphatic rings. The Labute approximate surface area is 173 Å². The number of amides is 1. The highest BCUT2D eigenvalue weighted by atomic mass is 35.5. The Morgan fingerprint density at radius 1 is 1.00 bits per heavy atom. The molecule has 2 aromatic rings. The predicted molar refractivity (Wildman–Crippen MR) is 107 cm³/mol. The lowest BCUT2D eigenvalue weighted by molar-refractivity contribution is -0.116. The highest BCUT2D eigenvalue weighted by Crippen LogP contribution is 2.31. The van der Waals surface area contributed by atoms with E-state index in [0.29, 0.717) is 40.4 Å². The van der Waals surface area contributed by atoms with Crippen LogP contribution >= 0.6 is 23.2 Å². The number of benzene rings is 2. The molecule has 7 nitrogen and oxygen atoms in total.